The second-order valence-corrected chi connectivity index (χ2v) is 6.97. The molecule has 0 bridgehead atoms. The Morgan fingerprint density at radius 1 is 0.923 bits per heavy atom. The van der Waals surface area contributed by atoms with Crippen LogP contribution in [0.5, 0.6) is 0 Å². The summed E-state index contributed by atoms with van der Waals surface area (Å²) < 4.78 is 0. The molecule has 0 atom stereocenters. The first-order chi connectivity index (χ1) is 12.7. The van der Waals surface area contributed by atoms with Gasteiger partial charge in [-0.1, -0.05) is 0 Å². The van der Waals surface area contributed by atoms with Crippen molar-refractivity contribution in [2.75, 3.05) is 62.6 Å². The van der Waals surface area contributed by atoms with Crippen LogP contribution in [0.15, 0.2) is 24.3 Å². The molecule has 7 nitrogen and oxygen atoms in total. The van der Waals surface area contributed by atoms with E-state index in [0.717, 1.165) is 32.7 Å². The van der Waals surface area contributed by atoms with Crippen LogP contribution in [-0.4, -0.2) is 74.0 Å². The molecule has 2 aliphatic heterocycles. The number of rotatable bonds is 4. The van der Waals surface area contributed by atoms with E-state index in [2.05, 4.69) is 15.1 Å². The number of nitrogens with one attached hydrogen (secondary N) is 1. The van der Waals surface area contributed by atoms with Crippen molar-refractivity contribution in [2.45, 2.75) is 19.3 Å². The predicted molar refractivity (Wildman–Crippen MR) is 103 cm³/mol. The highest BCUT2D eigenvalue weighted by molar-refractivity contribution is 6.39. The average Bonchev–Trinajstić information content (AvgIpc) is 2.69. The first-order valence-corrected chi connectivity index (χ1v) is 9.55. The van der Waals surface area contributed by atoms with Crippen molar-refractivity contribution in [3.63, 3.8) is 0 Å². The summed E-state index contributed by atoms with van der Waals surface area (Å²) in [6.45, 7) is 6.28. The van der Waals surface area contributed by atoms with E-state index in [4.69, 9.17) is 5.73 Å². The van der Waals surface area contributed by atoms with Crippen molar-refractivity contribution in [1.29, 1.82) is 0 Å². The van der Waals surface area contributed by atoms with E-state index in [1.54, 1.807) is 4.90 Å². The van der Waals surface area contributed by atoms with Crippen molar-refractivity contribution >= 4 is 23.2 Å². The molecule has 0 spiro atoms. The molecule has 2 saturated heterocycles. The van der Waals surface area contributed by atoms with E-state index >= 15 is 0 Å². The summed E-state index contributed by atoms with van der Waals surface area (Å²) >= 11 is 0. The van der Waals surface area contributed by atoms with Gasteiger partial charge in [0.2, 0.25) is 0 Å². The van der Waals surface area contributed by atoms with Gasteiger partial charge >= 0.3 is 11.8 Å². The lowest BCUT2D eigenvalue weighted by molar-refractivity contribution is -0.144. The number of benzene rings is 1. The molecule has 0 aliphatic carbocycles. The minimum atomic E-state index is -0.567. The van der Waals surface area contributed by atoms with Gasteiger partial charge in [-0.15, -0.1) is 0 Å². The van der Waals surface area contributed by atoms with Crippen molar-refractivity contribution in [3.8, 4) is 0 Å². The largest absolute Gasteiger partial charge is 0.372 e. The number of carbonyl (C=O) groups is 2. The van der Waals surface area contributed by atoms with Gasteiger partial charge in [-0.3, -0.25) is 14.5 Å². The highest BCUT2D eigenvalue weighted by atomic mass is 16.2. The molecule has 1 aromatic carbocycles. The third-order valence-corrected chi connectivity index (χ3v) is 5.15. The van der Waals surface area contributed by atoms with Gasteiger partial charge in [-0.05, 0) is 43.5 Å². The van der Waals surface area contributed by atoms with Crippen LogP contribution >= 0.6 is 0 Å². The number of piperazine rings is 1. The van der Waals surface area contributed by atoms with Gasteiger partial charge in [0.05, 0.1) is 0 Å². The van der Waals surface area contributed by atoms with Gasteiger partial charge in [-0.25, -0.2) is 0 Å². The van der Waals surface area contributed by atoms with Crippen LogP contribution in [0.3, 0.4) is 0 Å². The molecular formula is C19H29N5O2. The Morgan fingerprint density at radius 3 is 2.19 bits per heavy atom. The molecule has 2 fully saturated rings. The zero-order chi connectivity index (χ0) is 18.4. The normalized spacial score (nSPS) is 18.7. The van der Waals surface area contributed by atoms with Crippen molar-refractivity contribution < 1.29 is 9.59 Å². The van der Waals surface area contributed by atoms with Gasteiger partial charge in [-0.2, -0.15) is 0 Å². The zero-order valence-electron chi connectivity index (χ0n) is 15.3. The Balaban J connectivity index is 1.50. The number of hydrogen-bond acceptors (Lipinski definition) is 5. The third kappa shape index (κ3) is 4.74. The molecule has 26 heavy (non-hydrogen) atoms. The summed E-state index contributed by atoms with van der Waals surface area (Å²) in [5.41, 5.74) is 7.39. The van der Waals surface area contributed by atoms with Crippen LogP contribution in [0.25, 0.3) is 0 Å². The molecule has 0 radical (unpaired) electrons. The van der Waals surface area contributed by atoms with E-state index < -0.39 is 11.8 Å². The molecule has 3 rings (SSSR count). The summed E-state index contributed by atoms with van der Waals surface area (Å²) in [6, 6.07) is 7.76. The number of anilines is 2. The van der Waals surface area contributed by atoms with Crippen LogP contribution in [-0.2, 0) is 9.59 Å². The molecule has 0 unspecified atom stereocenters. The quantitative estimate of drug-likeness (QED) is 0.774. The lowest BCUT2D eigenvalue weighted by Gasteiger charge is -2.34. The smallest absolute Gasteiger partial charge is 0.313 e. The fourth-order valence-electron chi connectivity index (χ4n) is 3.59. The minimum absolute atomic E-state index is 0.461. The van der Waals surface area contributed by atoms with Crippen LogP contribution in [0.1, 0.15) is 19.3 Å². The summed E-state index contributed by atoms with van der Waals surface area (Å²) in [7, 11) is 0. The summed E-state index contributed by atoms with van der Waals surface area (Å²) in [6.07, 6.45) is 3.75. The Kier molecular flexibility index (Phi) is 6.46. The second-order valence-electron chi connectivity index (χ2n) is 6.97. The molecule has 2 amide bonds. The zero-order valence-corrected chi connectivity index (χ0v) is 15.3. The number of carbonyl (C=O) groups excluding carboxylic acids is 2. The molecule has 1 aromatic rings. The van der Waals surface area contributed by atoms with Crippen LogP contribution in [0.4, 0.5) is 11.4 Å². The van der Waals surface area contributed by atoms with Crippen LogP contribution in [0, 0.1) is 0 Å². The van der Waals surface area contributed by atoms with E-state index in [1.165, 1.54) is 24.9 Å². The molecule has 142 valence electrons. The third-order valence-electron chi connectivity index (χ3n) is 5.15. The Bertz CT molecular complexity index is 605. The average molecular weight is 359 g/mol. The topological polar surface area (TPSA) is 81.9 Å². The lowest BCUT2D eigenvalue weighted by Crippen LogP contribution is -2.52. The number of amides is 2. The first-order valence-electron chi connectivity index (χ1n) is 9.55. The minimum Gasteiger partial charge on any atom is -0.372 e. The van der Waals surface area contributed by atoms with E-state index in [1.807, 2.05) is 24.3 Å². The van der Waals surface area contributed by atoms with Gasteiger partial charge in [0.15, 0.2) is 0 Å². The maximum atomic E-state index is 12.3. The van der Waals surface area contributed by atoms with Crippen LogP contribution < -0.4 is 16.0 Å². The van der Waals surface area contributed by atoms with Gasteiger partial charge in [0, 0.05) is 63.7 Å². The fraction of sp³-hybridized carbons (Fsp3) is 0.579. The summed E-state index contributed by atoms with van der Waals surface area (Å²) in [5, 5.41) is 2.72. The Morgan fingerprint density at radius 2 is 1.58 bits per heavy atom. The van der Waals surface area contributed by atoms with Crippen LogP contribution in [0.2, 0.25) is 0 Å². The molecule has 2 aliphatic rings. The Hall–Kier alpha value is -2.12. The van der Waals surface area contributed by atoms with Gasteiger partial charge in [0.1, 0.15) is 0 Å². The number of nitrogens with two attached hydrogens (primary N) is 1. The summed E-state index contributed by atoms with van der Waals surface area (Å²) in [4.78, 5) is 30.8. The predicted octanol–water partition coefficient (Wildman–Crippen LogP) is 0.718. The van der Waals surface area contributed by atoms with Crippen molar-refractivity contribution in [2.24, 2.45) is 5.73 Å². The number of piperidine rings is 1. The van der Waals surface area contributed by atoms with Crippen molar-refractivity contribution in [1.82, 2.24) is 9.80 Å². The molecule has 2 heterocycles. The second kappa shape index (κ2) is 9.00. The lowest BCUT2D eigenvalue weighted by atomic mass is 10.1. The van der Waals surface area contributed by atoms with E-state index in [-0.39, 0.29) is 0 Å². The van der Waals surface area contributed by atoms with E-state index in [0.29, 0.717) is 25.3 Å². The molecule has 0 saturated carbocycles. The molecule has 7 heteroatoms. The highest BCUT2D eigenvalue weighted by Crippen LogP contribution is 2.21. The molecule has 3 N–H and O–H groups in total. The summed E-state index contributed by atoms with van der Waals surface area (Å²) in [5.74, 6) is -1.03. The monoisotopic (exact) mass is 359 g/mol. The maximum absolute atomic E-state index is 12.3. The molecule has 0 aromatic heterocycles. The van der Waals surface area contributed by atoms with Crippen molar-refractivity contribution in [3.05, 3.63) is 24.3 Å². The highest BCUT2D eigenvalue weighted by Gasteiger charge is 2.25. The first kappa shape index (κ1) is 18.7. The van der Waals surface area contributed by atoms with E-state index in [9.17, 15) is 9.59 Å². The van der Waals surface area contributed by atoms with Gasteiger partial charge < -0.3 is 20.9 Å². The fourth-order valence-corrected chi connectivity index (χ4v) is 3.59. The standard InChI is InChI=1S/C19H29N5O2/c20-8-11-22-12-14-24(15-13-22)19(26)18(25)21-16-4-6-17(7-5-16)23-9-2-1-3-10-23/h4-7H,1-3,8-15,20H2,(H,21,25). The SMILES string of the molecule is NCCN1CCN(C(=O)C(=O)Nc2ccc(N3CCCCC3)cc2)CC1. The Labute approximate surface area is 155 Å². The maximum Gasteiger partial charge on any atom is 0.313 e. The van der Waals surface area contributed by atoms with Gasteiger partial charge in [0.25, 0.3) is 0 Å². The molecular weight excluding hydrogens is 330 g/mol. The number of hydrogen-bond donors (Lipinski definition) is 2. The number of nitrogens with zero attached hydrogens (tertiary/aromatic N) is 3.